The summed E-state index contributed by atoms with van der Waals surface area (Å²) in [4.78, 5) is 0. The Morgan fingerprint density at radius 3 is 2.87 bits per heavy atom. The molecule has 1 heterocycles. The predicted molar refractivity (Wildman–Crippen MR) is 57.5 cm³/mol. The van der Waals surface area contributed by atoms with Crippen molar-refractivity contribution in [3.8, 4) is 0 Å². The second kappa shape index (κ2) is 7.45. The van der Waals surface area contributed by atoms with Gasteiger partial charge in [-0.3, -0.25) is 0 Å². The molecule has 1 aromatic rings. The molecule has 0 saturated carbocycles. The van der Waals surface area contributed by atoms with E-state index in [1.54, 1.807) is 18.4 Å². The molecule has 0 saturated heterocycles. The van der Waals surface area contributed by atoms with Gasteiger partial charge in [0.1, 0.15) is 11.9 Å². The Morgan fingerprint density at radius 1 is 1.33 bits per heavy atom. The number of aliphatic hydroxyl groups excluding tert-OH is 2. The fourth-order valence-corrected chi connectivity index (χ4v) is 1.36. The van der Waals surface area contributed by atoms with E-state index in [4.69, 9.17) is 9.52 Å². The van der Waals surface area contributed by atoms with Gasteiger partial charge in [0.15, 0.2) is 0 Å². The zero-order valence-corrected chi connectivity index (χ0v) is 8.85. The first kappa shape index (κ1) is 12.2. The molecule has 4 heteroatoms. The zero-order valence-electron chi connectivity index (χ0n) is 8.85. The fraction of sp³-hybridized carbons (Fsp3) is 0.636. The summed E-state index contributed by atoms with van der Waals surface area (Å²) in [7, 11) is 0. The lowest BCUT2D eigenvalue weighted by atomic mass is 10.2. The summed E-state index contributed by atoms with van der Waals surface area (Å²) in [6.45, 7) is 1.62. The van der Waals surface area contributed by atoms with Gasteiger partial charge in [0, 0.05) is 13.2 Å². The molecule has 1 atom stereocenters. The second-order valence-electron chi connectivity index (χ2n) is 3.52. The number of aliphatic hydroxyl groups is 2. The van der Waals surface area contributed by atoms with Gasteiger partial charge in [-0.05, 0) is 37.9 Å². The molecule has 15 heavy (non-hydrogen) atoms. The fourth-order valence-electron chi connectivity index (χ4n) is 1.36. The Balaban J connectivity index is 2.00. The van der Waals surface area contributed by atoms with E-state index in [1.807, 2.05) is 0 Å². The topological polar surface area (TPSA) is 65.6 Å². The van der Waals surface area contributed by atoms with Crippen molar-refractivity contribution in [3.63, 3.8) is 0 Å². The van der Waals surface area contributed by atoms with Crippen LogP contribution < -0.4 is 5.32 Å². The van der Waals surface area contributed by atoms with E-state index in [0.717, 1.165) is 25.8 Å². The molecule has 3 N–H and O–H groups in total. The molecule has 0 amide bonds. The third-order valence-electron chi connectivity index (χ3n) is 2.22. The summed E-state index contributed by atoms with van der Waals surface area (Å²) in [6.07, 6.45) is 3.87. The maximum absolute atomic E-state index is 9.62. The van der Waals surface area contributed by atoms with E-state index in [-0.39, 0.29) is 6.61 Å². The van der Waals surface area contributed by atoms with Crippen LogP contribution in [0.2, 0.25) is 0 Å². The van der Waals surface area contributed by atoms with Gasteiger partial charge in [0.05, 0.1) is 6.26 Å². The summed E-state index contributed by atoms with van der Waals surface area (Å²) in [5.41, 5.74) is 0. The number of nitrogens with one attached hydrogen (secondary N) is 1. The van der Waals surface area contributed by atoms with Gasteiger partial charge in [-0.1, -0.05) is 0 Å². The summed E-state index contributed by atoms with van der Waals surface area (Å²) in [6, 6.07) is 3.53. The highest BCUT2D eigenvalue weighted by Gasteiger charge is 2.08. The van der Waals surface area contributed by atoms with Crippen molar-refractivity contribution in [2.45, 2.75) is 25.4 Å². The Hall–Kier alpha value is -0.840. The maximum Gasteiger partial charge on any atom is 0.133 e. The Bertz CT molecular complexity index is 236. The standard InChI is InChI=1S/C11H19NO3/c13-7-3-1-2-6-12-9-10(14)11-5-4-8-15-11/h4-5,8,10,12-14H,1-3,6-7,9H2. The van der Waals surface area contributed by atoms with Crippen molar-refractivity contribution < 1.29 is 14.6 Å². The van der Waals surface area contributed by atoms with Crippen LogP contribution in [0.15, 0.2) is 22.8 Å². The average molecular weight is 213 g/mol. The molecule has 0 aliphatic rings. The van der Waals surface area contributed by atoms with Crippen molar-refractivity contribution in [1.29, 1.82) is 0 Å². The molecule has 1 aromatic heterocycles. The van der Waals surface area contributed by atoms with Crippen LogP contribution in [0, 0.1) is 0 Å². The summed E-state index contributed by atoms with van der Waals surface area (Å²) >= 11 is 0. The molecular formula is C11H19NO3. The van der Waals surface area contributed by atoms with Gasteiger partial charge < -0.3 is 19.9 Å². The largest absolute Gasteiger partial charge is 0.467 e. The lowest BCUT2D eigenvalue weighted by Gasteiger charge is -2.08. The van der Waals surface area contributed by atoms with Gasteiger partial charge in [-0.25, -0.2) is 0 Å². The van der Waals surface area contributed by atoms with Crippen molar-refractivity contribution >= 4 is 0 Å². The highest BCUT2D eigenvalue weighted by molar-refractivity contribution is 5.01. The molecule has 0 spiro atoms. The molecule has 1 rings (SSSR count). The molecule has 86 valence electrons. The van der Waals surface area contributed by atoms with Crippen LogP contribution in [0.4, 0.5) is 0 Å². The third-order valence-corrected chi connectivity index (χ3v) is 2.22. The lowest BCUT2D eigenvalue weighted by Crippen LogP contribution is -2.22. The van der Waals surface area contributed by atoms with Crippen LogP contribution in [-0.2, 0) is 0 Å². The molecular weight excluding hydrogens is 194 g/mol. The van der Waals surface area contributed by atoms with Gasteiger partial charge >= 0.3 is 0 Å². The molecule has 0 radical (unpaired) electrons. The monoisotopic (exact) mass is 213 g/mol. The zero-order chi connectivity index (χ0) is 10.9. The first-order valence-electron chi connectivity index (χ1n) is 5.37. The highest BCUT2D eigenvalue weighted by Crippen LogP contribution is 2.11. The van der Waals surface area contributed by atoms with Crippen molar-refractivity contribution in [2.75, 3.05) is 19.7 Å². The van der Waals surface area contributed by atoms with Gasteiger partial charge in [-0.15, -0.1) is 0 Å². The van der Waals surface area contributed by atoms with Crippen LogP contribution in [0.5, 0.6) is 0 Å². The van der Waals surface area contributed by atoms with E-state index in [0.29, 0.717) is 12.3 Å². The summed E-state index contributed by atoms with van der Waals surface area (Å²) in [5.74, 6) is 0.595. The van der Waals surface area contributed by atoms with Crippen LogP contribution in [0.25, 0.3) is 0 Å². The molecule has 4 nitrogen and oxygen atoms in total. The number of hydrogen-bond acceptors (Lipinski definition) is 4. The molecule has 0 fully saturated rings. The van der Waals surface area contributed by atoms with Crippen LogP contribution >= 0.6 is 0 Å². The minimum absolute atomic E-state index is 0.259. The molecule has 0 bridgehead atoms. The molecule has 0 aliphatic carbocycles. The minimum Gasteiger partial charge on any atom is -0.467 e. The first-order valence-corrected chi connectivity index (χ1v) is 5.37. The minimum atomic E-state index is -0.571. The summed E-state index contributed by atoms with van der Waals surface area (Å²) in [5, 5.41) is 21.3. The van der Waals surface area contributed by atoms with Crippen LogP contribution in [-0.4, -0.2) is 29.9 Å². The van der Waals surface area contributed by atoms with E-state index in [2.05, 4.69) is 5.32 Å². The Kier molecular flexibility index (Phi) is 6.08. The smallest absolute Gasteiger partial charge is 0.133 e. The first-order chi connectivity index (χ1) is 7.34. The van der Waals surface area contributed by atoms with Crippen molar-refractivity contribution in [1.82, 2.24) is 5.32 Å². The Labute approximate surface area is 89.9 Å². The number of hydrogen-bond donors (Lipinski definition) is 3. The van der Waals surface area contributed by atoms with Crippen LogP contribution in [0.3, 0.4) is 0 Å². The summed E-state index contributed by atoms with van der Waals surface area (Å²) < 4.78 is 5.07. The average Bonchev–Trinajstić information content (AvgIpc) is 2.76. The second-order valence-corrected chi connectivity index (χ2v) is 3.52. The maximum atomic E-state index is 9.62. The third kappa shape index (κ3) is 4.97. The number of rotatable bonds is 8. The van der Waals surface area contributed by atoms with Crippen LogP contribution in [0.1, 0.15) is 31.1 Å². The molecule has 1 unspecified atom stereocenters. The Morgan fingerprint density at radius 2 is 2.20 bits per heavy atom. The van der Waals surface area contributed by atoms with E-state index in [9.17, 15) is 5.11 Å². The molecule has 0 aliphatic heterocycles. The highest BCUT2D eigenvalue weighted by atomic mass is 16.4. The number of unbranched alkanes of at least 4 members (excludes halogenated alkanes) is 2. The van der Waals surface area contributed by atoms with E-state index < -0.39 is 6.10 Å². The van der Waals surface area contributed by atoms with Gasteiger partial charge in [0.25, 0.3) is 0 Å². The molecule has 0 aromatic carbocycles. The van der Waals surface area contributed by atoms with Crippen molar-refractivity contribution in [3.05, 3.63) is 24.2 Å². The number of furan rings is 1. The van der Waals surface area contributed by atoms with Gasteiger partial charge in [-0.2, -0.15) is 0 Å². The normalized spacial score (nSPS) is 12.9. The quantitative estimate of drug-likeness (QED) is 0.565. The van der Waals surface area contributed by atoms with E-state index >= 15 is 0 Å². The van der Waals surface area contributed by atoms with E-state index in [1.165, 1.54) is 0 Å². The van der Waals surface area contributed by atoms with Gasteiger partial charge in [0.2, 0.25) is 0 Å². The predicted octanol–water partition coefficient (Wildman–Crippen LogP) is 1.07. The SMILES string of the molecule is OCCCCCNCC(O)c1ccco1. The lowest BCUT2D eigenvalue weighted by molar-refractivity contribution is 0.147. The van der Waals surface area contributed by atoms with Crippen molar-refractivity contribution in [2.24, 2.45) is 0 Å².